The lowest BCUT2D eigenvalue weighted by Crippen LogP contribution is -2.46. The van der Waals surface area contributed by atoms with E-state index < -0.39 is 0 Å². The molecule has 0 radical (unpaired) electrons. The van der Waals surface area contributed by atoms with Crippen molar-refractivity contribution in [3.63, 3.8) is 0 Å². The molecule has 0 unspecified atom stereocenters. The molecule has 1 saturated heterocycles. The number of nitrogens with one attached hydrogen (secondary N) is 2. The number of likely N-dealkylation sites (tertiary alicyclic amines) is 1. The second-order valence-electron chi connectivity index (χ2n) is 6.68. The van der Waals surface area contributed by atoms with Crippen LogP contribution in [0.15, 0.2) is 48.8 Å². The normalized spacial score (nSPS) is 15.1. The van der Waals surface area contributed by atoms with Crippen molar-refractivity contribution in [1.29, 1.82) is 0 Å². The highest BCUT2D eigenvalue weighted by Gasteiger charge is 2.25. The van der Waals surface area contributed by atoms with E-state index in [9.17, 15) is 9.59 Å². The number of benzene rings is 2. The van der Waals surface area contributed by atoms with Crippen molar-refractivity contribution < 1.29 is 9.59 Å². The summed E-state index contributed by atoms with van der Waals surface area (Å²) in [6.45, 7) is 1.21. The van der Waals surface area contributed by atoms with Crippen molar-refractivity contribution in [3.05, 3.63) is 64.9 Å². The maximum Gasteiger partial charge on any atom is 0.253 e. The van der Waals surface area contributed by atoms with Crippen molar-refractivity contribution in [2.45, 2.75) is 18.9 Å². The van der Waals surface area contributed by atoms with E-state index in [2.05, 4.69) is 15.3 Å². The average Bonchev–Trinajstić information content (AvgIpc) is 3.16. The molecule has 0 atom stereocenters. The van der Waals surface area contributed by atoms with Crippen LogP contribution in [0.2, 0.25) is 5.02 Å². The Labute approximate surface area is 161 Å². The maximum absolute atomic E-state index is 12.6. The Morgan fingerprint density at radius 1 is 1.11 bits per heavy atom. The van der Waals surface area contributed by atoms with Crippen LogP contribution in [-0.2, 0) is 0 Å². The van der Waals surface area contributed by atoms with Gasteiger partial charge in [-0.2, -0.15) is 0 Å². The summed E-state index contributed by atoms with van der Waals surface area (Å²) in [5.41, 5.74) is 2.87. The zero-order valence-corrected chi connectivity index (χ0v) is 15.4. The molecule has 0 bridgehead atoms. The summed E-state index contributed by atoms with van der Waals surface area (Å²) in [6.07, 6.45) is 3.06. The predicted molar refractivity (Wildman–Crippen MR) is 104 cm³/mol. The van der Waals surface area contributed by atoms with E-state index in [1.54, 1.807) is 42.7 Å². The number of amides is 2. The van der Waals surface area contributed by atoms with Gasteiger partial charge in [0.05, 0.1) is 17.4 Å². The fourth-order valence-corrected chi connectivity index (χ4v) is 3.57. The predicted octanol–water partition coefficient (Wildman–Crippen LogP) is 3.25. The van der Waals surface area contributed by atoms with Gasteiger partial charge in [0.15, 0.2) is 0 Å². The van der Waals surface area contributed by atoms with Gasteiger partial charge >= 0.3 is 0 Å². The van der Waals surface area contributed by atoms with Gasteiger partial charge in [-0.1, -0.05) is 17.7 Å². The highest BCUT2D eigenvalue weighted by molar-refractivity contribution is 6.30. The lowest BCUT2D eigenvalue weighted by atomic mass is 10.0. The van der Waals surface area contributed by atoms with Crippen molar-refractivity contribution in [1.82, 2.24) is 20.2 Å². The Morgan fingerprint density at radius 2 is 1.93 bits per heavy atom. The summed E-state index contributed by atoms with van der Waals surface area (Å²) in [7, 11) is 0. The molecule has 2 heterocycles. The van der Waals surface area contributed by atoms with E-state index in [4.69, 9.17) is 11.6 Å². The molecule has 2 aromatic carbocycles. The first-order chi connectivity index (χ1) is 13.1. The molecule has 7 heteroatoms. The Hall–Kier alpha value is -2.86. The molecule has 2 amide bonds. The SMILES string of the molecule is O=C(NC1CCN(C(=O)c2cccc(Cl)c2)CC1)c1ccc2nc[nH]c2c1. The third kappa shape index (κ3) is 3.80. The van der Waals surface area contributed by atoms with Gasteiger partial charge in [-0.15, -0.1) is 0 Å². The molecule has 0 spiro atoms. The van der Waals surface area contributed by atoms with E-state index in [0.29, 0.717) is 29.2 Å². The van der Waals surface area contributed by atoms with Crippen LogP contribution in [0, 0.1) is 0 Å². The number of carbonyl (C=O) groups excluding carboxylic acids is 2. The first-order valence-electron chi connectivity index (χ1n) is 8.89. The molecular formula is C20H19ClN4O2. The topological polar surface area (TPSA) is 78.1 Å². The molecule has 1 fully saturated rings. The Morgan fingerprint density at radius 3 is 2.70 bits per heavy atom. The molecule has 0 saturated carbocycles. The first kappa shape index (κ1) is 17.5. The van der Waals surface area contributed by atoms with Crippen LogP contribution in [-0.4, -0.2) is 45.8 Å². The molecule has 138 valence electrons. The Balaban J connectivity index is 1.35. The zero-order valence-electron chi connectivity index (χ0n) is 14.6. The van der Waals surface area contributed by atoms with Crippen LogP contribution in [0.5, 0.6) is 0 Å². The second kappa shape index (κ2) is 7.40. The minimum atomic E-state index is -0.105. The van der Waals surface area contributed by atoms with Gasteiger partial charge < -0.3 is 15.2 Å². The molecule has 3 aromatic rings. The molecule has 2 N–H and O–H groups in total. The monoisotopic (exact) mass is 382 g/mol. The van der Waals surface area contributed by atoms with E-state index in [-0.39, 0.29) is 17.9 Å². The number of halogens is 1. The molecule has 1 aliphatic rings. The number of carbonyl (C=O) groups is 2. The summed E-state index contributed by atoms with van der Waals surface area (Å²) in [5.74, 6) is -0.127. The number of aromatic amines is 1. The van der Waals surface area contributed by atoms with Gasteiger partial charge in [0.25, 0.3) is 11.8 Å². The van der Waals surface area contributed by atoms with E-state index in [1.807, 2.05) is 11.0 Å². The number of aromatic nitrogens is 2. The van der Waals surface area contributed by atoms with Crippen molar-refractivity contribution >= 4 is 34.4 Å². The minimum absolute atomic E-state index is 0.0213. The number of hydrogen-bond donors (Lipinski definition) is 2. The maximum atomic E-state index is 12.6. The number of H-pyrrole nitrogens is 1. The third-order valence-corrected chi connectivity index (χ3v) is 5.11. The van der Waals surface area contributed by atoms with Crippen LogP contribution in [0.25, 0.3) is 11.0 Å². The van der Waals surface area contributed by atoms with Gasteiger partial charge in [-0.05, 0) is 49.2 Å². The highest BCUT2D eigenvalue weighted by Crippen LogP contribution is 2.18. The van der Waals surface area contributed by atoms with Crippen LogP contribution < -0.4 is 5.32 Å². The highest BCUT2D eigenvalue weighted by atomic mass is 35.5. The van der Waals surface area contributed by atoms with E-state index in [0.717, 1.165) is 23.9 Å². The molecule has 27 heavy (non-hydrogen) atoms. The number of imidazole rings is 1. The van der Waals surface area contributed by atoms with Crippen LogP contribution >= 0.6 is 11.6 Å². The summed E-state index contributed by atoms with van der Waals surface area (Å²) in [6, 6.07) is 12.4. The zero-order chi connectivity index (χ0) is 18.8. The van der Waals surface area contributed by atoms with Crippen LogP contribution in [0.3, 0.4) is 0 Å². The Bertz CT molecular complexity index is 992. The fraction of sp³-hybridized carbons (Fsp3) is 0.250. The summed E-state index contributed by atoms with van der Waals surface area (Å²) in [4.78, 5) is 34.1. The molecule has 0 aliphatic carbocycles. The largest absolute Gasteiger partial charge is 0.349 e. The molecule has 1 aromatic heterocycles. The van der Waals surface area contributed by atoms with Crippen molar-refractivity contribution in [3.8, 4) is 0 Å². The quantitative estimate of drug-likeness (QED) is 0.729. The van der Waals surface area contributed by atoms with E-state index >= 15 is 0 Å². The first-order valence-corrected chi connectivity index (χ1v) is 9.27. The van der Waals surface area contributed by atoms with Gasteiger partial charge in [0.2, 0.25) is 0 Å². The fourth-order valence-electron chi connectivity index (χ4n) is 3.38. The third-order valence-electron chi connectivity index (χ3n) is 4.87. The average molecular weight is 383 g/mol. The number of nitrogens with zero attached hydrogens (tertiary/aromatic N) is 2. The summed E-state index contributed by atoms with van der Waals surface area (Å²) in [5, 5.41) is 3.62. The molecule has 4 rings (SSSR count). The van der Waals surface area contributed by atoms with Crippen molar-refractivity contribution in [2.24, 2.45) is 0 Å². The molecular weight excluding hydrogens is 364 g/mol. The summed E-state index contributed by atoms with van der Waals surface area (Å²) >= 11 is 5.97. The number of piperidine rings is 1. The van der Waals surface area contributed by atoms with Gasteiger partial charge in [-0.3, -0.25) is 9.59 Å². The van der Waals surface area contributed by atoms with Gasteiger partial charge in [-0.25, -0.2) is 4.98 Å². The van der Waals surface area contributed by atoms with Crippen LogP contribution in [0.4, 0.5) is 0 Å². The number of rotatable bonds is 3. The van der Waals surface area contributed by atoms with E-state index in [1.165, 1.54) is 0 Å². The molecule has 1 aliphatic heterocycles. The second-order valence-corrected chi connectivity index (χ2v) is 7.12. The lowest BCUT2D eigenvalue weighted by molar-refractivity contribution is 0.0698. The standard InChI is InChI=1S/C20H19ClN4O2/c21-15-3-1-2-14(10-15)20(27)25-8-6-16(7-9-25)24-19(26)13-4-5-17-18(11-13)23-12-22-17/h1-5,10-12,16H,6-9H2,(H,22,23)(H,24,26). The number of hydrogen-bond acceptors (Lipinski definition) is 3. The molecule has 6 nitrogen and oxygen atoms in total. The van der Waals surface area contributed by atoms with Crippen LogP contribution in [0.1, 0.15) is 33.6 Å². The minimum Gasteiger partial charge on any atom is -0.349 e. The van der Waals surface area contributed by atoms with Crippen molar-refractivity contribution in [2.75, 3.05) is 13.1 Å². The summed E-state index contributed by atoms with van der Waals surface area (Å²) < 4.78 is 0. The van der Waals surface area contributed by atoms with Gasteiger partial charge in [0, 0.05) is 35.3 Å². The lowest BCUT2D eigenvalue weighted by Gasteiger charge is -2.32. The Kier molecular flexibility index (Phi) is 4.81. The smallest absolute Gasteiger partial charge is 0.253 e. The van der Waals surface area contributed by atoms with Gasteiger partial charge in [0.1, 0.15) is 0 Å². The number of fused-ring (bicyclic) bond motifs is 1.